The van der Waals surface area contributed by atoms with E-state index in [0.717, 1.165) is 12.4 Å². The maximum atomic E-state index is 5.99. The van der Waals surface area contributed by atoms with Crippen LogP contribution < -0.4 is 15.4 Å². The van der Waals surface area contributed by atoms with Gasteiger partial charge >= 0.3 is 0 Å². The first-order valence-electron chi connectivity index (χ1n) is 7.96. The molecule has 0 aliphatic heterocycles. The predicted octanol–water partition coefficient (Wildman–Crippen LogP) is 4.25. The van der Waals surface area contributed by atoms with E-state index in [0.29, 0.717) is 17.6 Å². The molecule has 0 spiro atoms. The van der Waals surface area contributed by atoms with Crippen LogP contribution in [-0.4, -0.2) is 23.2 Å². The Kier molecular flexibility index (Phi) is 6.31. The number of hydrogen-bond donors (Lipinski definition) is 1. The lowest BCUT2D eigenvalue weighted by Crippen LogP contribution is -2.33. The molecule has 2 N–H and O–H groups in total. The highest BCUT2D eigenvalue weighted by Crippen LogP contribution is 2.27. The summed E-state index contributed by atoms with van der Waals surface area (Å²) < 4.78 is 5.87. The lowest BCUT2D eigenvalue weighted by molar-refractivity contribution is 0.125. The molecule has 0 fully saturated rings. The Hall–Kier alpha value is -1.45. The Bertz CT molecular complexity index is 438. The van der Waals surface area contributed by atoms with Gasteiger partial charge in [0, 0.05) is 12.6 Å². The second kappa shape index (κ2) is 7.53. The molecule has 0 bridgehead atoms. The average molecular weight is 293 g/mol. The van der Waals surface area contributed by atoms with Crippen LogP contribution in [-0.2, 0) is 0 Å². The van der Waals surface area contributed by atoms with Gasteiger partial charge in [-0.1, -0.05) is 19.8 Å². The molecule has 4 heteroatoms. The van der Waals surface area contributed by atoms with Crippen molar-refractivity contribution in [1.82, 2.24) is 4.98 Å². The Morgan fingerprint density at radius 1 is 1.24 bits per heavy atom. The van der Waals surface area contributed by atoms with Gasteiger partial charge in [-0.2, -0.15) is 4.98 Å². The van der Waals surface area contributed by atoms with E-state index in [9.17, 15) is 0 Å². The van der Waals surface area contributed by atoms with Gasteiger partial charge in [0.2, 0.25) is 5.88 Å². The third kappa shape index (κ3) is 5.82. The topological polar surface area (TPSA) is 51.4 Å². The van der Waals surface area contributed by atoms with Crippen LogP contribution in [0.1, 0.15) is 60.8 Å². The molecule has 0 aliphatic carbocycles. The Morgan fingerprint density at radius 3 is 2.43 bits per heavy atom. The van der Waals surface area contributed by atoms with Crippen molar-refractivity contribution in [3.05, 3.63) is 12.1 Å². The molecule has 0 radical (unpaired) electrons. The molecule has 0 atom stereocenters. The number of nitrogen functional groups attached to an aromatic ring is 1. The quantitative estimate of drug-likeness (QED) is 0.764. The number of ether oxygens (including phenoxy) is 1. The van der Waals surface area contributed by atoms with E-state index < -0.39 is 0 Å². The van der Waals surface area contributed by atoms with Crippen LogP contribution in [0.3, 0.4) is 0 Å². The molecule has 1 aromatic rings. The largest absolute Gasteiger partial charge is 0.470 e. The van der Waals surface area contributed by atoms with Gasteiger partial charge in [0.05, 0.1) is 5.69 Å². The zero-order valence-electron chi connectivity index (χ0n) is 14.4. The lowest BCUT2D eigenvalue weighted by Gasteiger charge is -2.29. The molecule has 21 heavy (non-hydrogen) atoms. The molecular formula is C17H31N3O. The number of rotatable bonds is 7. The third-order valence-corrected chi connectivity index (χ3v) is 3.20. The zero-order chi connectivity index (χ0) is 16.0. The average Bonchev–Trinajstić information content (AvgIpc) is 2.36. The molecule has 0 saturated carbocycles. The Morgan fingerprint density at radius 2 is 1.90 bits per heavy atom. The van der Waals surface area contributed by atoms with Crippen molar-refractivity contribution in [3.63, 3.8) is 0 Å². The third-order valence-electron chi connectivity index (χ3n) is 3.20. The smallest absolute Gasteiger partial charge is 0.239 e. The number of aromatic nitrogens is 1. The number of pyridine rings is 1. The van der Waals surface area contributed by atoms with Gasteiger partial charge in [0.15, 0.2) is 0 Å². The van der Waals surface area contributed by atoms with Crippen molar-refractivity contribution >= 4 is 11.5 Å². The summed E-state index contributed by atoms with van der Waals surface area (Å²) in [5, 5.41) is 0. The minimum Gasteiger partial charge on any atom is -0.470 e. The summed E-state index contributed by atoms with van der Waals surface area (Å²) in [5.74, 6) is 1.47. The minimum atomic E-state index is -0.301. The Labute approximate surface area is 129 Å². The van der Waals surface area contributed by atoms with E-state index in [2.05, 4.69) is 30.7 Å². The van der Waals surface area contributed by atoms with Crippen LogP contribution in [0.2, 0.25) is 0 Å². The number of anilines is 2. The molecule has 1 rings (SSSR count). The molecule has 0 aromatic carbocycles. The van der Waals surface area contributed by atoms with Gasteiger partial charge in [-0.3, -0.25) is 0 Å². The van der Waals surface area contributed by atoms with Crippen LogP contribution in [0.15, 0.2) is 12.1 Å². The highest BCUT2D eigenvalue weighted by Gasteiger charge is 2.18. The van der Waals surface area contributed by atoms with E-state index in [-0.39, 0.29) is 5.60 Å². The van der Waals surface area contributed by atoms with E-state index in [4.69, 9.17) is 10.5 Å². The molecule has 120 valence electrons. The maximum absolute atomic E-state index is 5.99. The first-order valence-corrected chi connectivity index (χ1v) is 7.96. The number of nitrogens with two attached hydrogens (primary N) is 1. The first-order chi connectivity index (χ1) is 9.74. The molecule has 0 aliphatic rings. The second-order valence-corrected chi connectivity index (χ2v) is 6.77. The second-order valence-electron chi connectivity index (χ2n) is 6.77. The molecular weight excluding hydrogens is 262 g/mol. The van der Waals surface area contributed by atoms with Gasteiger partial charge in [-0.25, -0.2) is 0 Å². The summed E-state index contributed by atoms with van der Waals surface area (Å²) in [4.78, 5) is 6.95. The molecule has 4 nitrogen and oxygen atoms in total. The minimum absolute atomic E-state index is 0.301. The van der Waals surface area contributed by atoms with Crippen molar-refractivity contribution < 1.29 is 4.74 Å². The van der Waals surface area contributed by atoms with Crippen molar-refractivity contribution in [2.24, 2.45) is 0 Å². The summed E-state index contributed by atoms with van der Waals surface area (Å²) in [5.41, 5.74) is 6.28. The lowest BCUT2D eigenvalue weighted by atomic mass is 10.2. The summed E-state index contributed by atoms with van der Waals surface area (Å²) in [6.45, 7) is 13.6. The number of nitrogens with zero attached hydrogens (tertiary/aromatic N) is 2. The summed E-state index contributed by atoms with van der Waals surface area (Å²) in [7, 11) is 0. The molecule has 1 heterocycles. The van der Waals surface area contributed by atoms with Crippen molar-refractivity contribution in [2.45, 2.75) is 72.4 Å². The molecule has 0 unspecified atom stereocenters. The molecule has 1 aromatic heterocycles. The molecule has 0 amide bonds. The maximum Gasteiger partial charge on any atom is 0.239 e. The highest BCUT2D eigenvalue weighted by atomic mass is 16.5. The van der Waals surface area contributed by atoms with E-state index in [1.807, 2.05) is 32.9 Å². The fourth-order valence-electron chi connectivity index (χ4n) is 2.14. The van der Waals surface area contributed by atoms with E-state index in [1.165, 1.54) is 19.3 Å². The fraction of sp³-hybridized carbons (Fsp3) is 0.706. The predicted molar refractivity (Wildman–Crippen MR) is 91.0 cm³/mol. The molecule has 0 saturated heterocycles. The zero-order valence-corrected chi connectivity index (χ0v) is 14.4. The van der Waals surface area contributed by atoms with Gasteiger partial charge in [-0.15, -0.1) is 0 Å². The van der Waals surface area contributed by atoms with Crippen LogP contribution in [0, 0.1) is 0 Å². The van der Waals surface area contributed by atoms with Crippen LogP contribution in [0.4, 0.5) is 11.5 Å². The van der Waals surface area contributed by atoms with Gasteiger partial charge < -0.3 is 15.4 Å². The van der Waals surface area contributed by atoms with Crippen molar-refractivity contribution in [2.75, 3.05) is 17.2 Å². The van der Waals surface area contributed by atoms with Crippen molar-refractivity contribution in [1.29, 1.82) is 0 Å². The standard InChI is InChI=1S/C17H31N3O/c1-7-8-9-12-20(13(2)3)15-11-10-14(18)16(19-15)21-17(4,5)6/h10-11,13H,7-9,12,18H2,1-6H3. The highest BCUT2D eigenvalue weighted by molar-refractivity contribution is 5.55. The normalized spacial score (nSPS) is 11.8. The van der Waals surface area contributed by atoms with Gasteiger partial charge in [0.1, 0.15) is 11.4 Å². The van der Waals surface area contributed by atoms with Gasteiger partial charge in [0.25, 0.3) is 0 Å². The fourth-order valence-corrected chi connectivity index (χ4v) is 2.14. The SMILES string of the molecule is CCCCCN(c1ccc(N)c(OC(C)(C)C)n1)C(C)C. The number of unbranched alkanes of at least 4 members (excludes halogenated alkanes) is 2. The monoisotopic (exact) mass is 293 g/mol. The summed E-state index contributed by atoms with van der Waals surface area (Å²) in [6, 6.07) is 4.27. The van der Waals surface area contributed by atoms with Crippen molar-refractivity contribution in [3.8, 4) is 5.88 Å². The van der Waals surface area contributed by atoms with E-state index in [1.54, 1.807) is 0 Å². The van der Waals surface area contributed by atoms with Crippen LogP contribution in [0.25, 0.3) is 0 Å². The van der Waals surface area contributed by atoms with E-state index >= 15 is 0 Å². The van der Waals surface area contributed by atoms with Crippen LogP contribution >= 0.6 is 0 Å². The van der Waals surface area contributed by atoms with Gasteiger partial charge in [-0.05, 0) is 53.2 Å². The summed E-state index contributed by atoms with van der Waals surface area (Å²) >= 11 is 0. The van der Waals surface area contributed by atoms with Crippen LogP contribution in [0.5, 0.6) is 5.88 Å². The Balaban J connectivity index is 2.95. The number of hydrogen-bond acceptors (Lipinski definition) is 4. The summed E-state index contributed by atoms with van der Waals surface area (Å²) in [6.07, 6.45) is 3.64. The first kappa shape index (κ1) is 17.6.